The summed E-state index contributed by atoms with van der Waals surface area (Å²) in [6, 6.07) is 8.02. The van der Waals surface area contributed by atoms with E-state index in [1.165, 1.54) is 0 Å². The SMILES string of the molecule is Cc1cc2ccccc2oc1=O.NC(CC(=O)O)C(=O)O. The Labute approximate surface area is 119 Å². The van der Waals surface area contributed by atoms with Gasteiger partial charge in [0.1, 0.15) is 11.6 Å². The number of aliphatic carboxylic acids is 2. The number of carbonyl (C=O) groups is 2. The van der Waals surface area contributed by atoms with Crippen LogP contribution in [-0.4, -0.2) is 28.2 Å². The molecule has 0 saturated carbocycles. The number of carboxylic acids is 2. The van der Waals surface area contributed by atoms with Crippen molar-refractivity contribution in [3.63, 3.8) is 0 Å². The molecule has 0 fully saturated rings. The summed E-state index contributed by atoms with van der Waals surface area (Å²) in [7, 11) is 0. The molecule has 7 heteroatoms. The first kappa shape index (κ1) is 16.4. The molecule has 1 unspecified atom stereocenters. The van der Waals surface area contributed by atoms with Crippen LogP contribution >= 0.6 is 0 Å². The highest BCUT2D eigenvalue weighted by atomic mass is 16.4. The third kappa shape index (κ3) is 5.07. The first-order valence-electron chi connectivity index (χ1n) is 6.01. The largest absolute Gasteiger partial charge is 0.481 e. The van der Waals surface area contributed by atoms with Crippen molar-refractivity contribution in [2.45, 2.75) is 19.4 Å². The van der Waals surface area contributed by atoms with Gasteiger partial charge in [0.25, 0.3) is 0 Å². The van der Waals surface area contributed by atoms with Crippen LogP contribution in [0.3, 0.4) is 0 Å². The van der Waals surface area contributed by atoms with Gasteiger partial charge in [-0.05, 0) is 19.1 Å². The molecule has 1 heterocycles. The number of para-hydroxylation sites is 1. The van der Waals surface area contributed by atoms with E-state index in [4.69, 9.17) is 20.4 Å². The molecule has 0 spiro atoms. The number of aryl methyl sites for hydroxylation is 1. The number of rotatable bonds is 3. The predicted octanol–water partition coefficient (Wildman–Crippen LogP) is 0.974. The van der Waals surface area contributed by atoms with Crippen LogP contribution in [0.25, 0.3) is 11.0 Å². The van der Waals surface area contributed by atoms with Crippen molar-refractivity contribution in [1.82, 2.24) is 0 Å². The van der Waals surface area contributed by atoms with Gasteiger partial charge in [-0.15, -0.1) is 0 Å². The van der Waals surface area contributed by atoms with Crippen molar-refractivity contribution in [3.8, 4) is 0 Å². The number of nitrogens with two attached hydrogens (primary N) is 1. The summed E-state index contributed by atoms with van der Waals surface area (Å²) in [4.78, 5) is 30.7. The Morgan fingerprint density at radius 2 is 1.90 bits per heavy atom. The Kier molecular flexibility index (Phi) is 5.62. The number of hydrogen-bond acceptors (Lipinski definition) is 5. The molecule has 1 aromatic heterocycles. The van der Waals surface area contributed by atoms with Crippen LogP contribution in [0.5, 0.6) is 0 Å². The molecular weight excluding hydrogens is 278 g/mol. The second-order valence-electron chi connectivity index (χ2n) is 4.30. The molecule has 0 aliphatic carbocycles. The maximum Gasteiger partial charge on any atom is 0.339 e. The molecule has 21 heavy (non-hydrogen) atoms. The van der Waals surface area contributed by atoms with Gasteiger partial charge >= 0.3 is 17.6 Å². The first-order chi connectivity index (χ1) is 9.81. The third-order valence-electron chi connectivity index (χ3n) is 2.53. The average Bonchev–Trinajstić information content (AvgIpc) is 2.40. The monoisotopic (exact) mass is 293 g/mol. The molecular formula is C14H15NO6. The number of benzene rings is 1. The Bertz CT molecular complexity index is 706. The number of carboxylic acid groups (broad SMARTS) is 2. The van der Waals surface area contributed by atoms with Crippen molar-refractivity contribution in [1.29, 1.82) is 0 Å². The van der Waals surface area contributed by atoms with Gasteiger partial charge in [-0.2, -0.15) is 0 Å². The van der Waals surface area contributed by atoms with Crippen molar-refractivity contribution >= 4 is 22.9 Å². The molecule has 0 saturated heterocycles. The normalized spacial score (nSPS) is 11.3. The van der Waals surface area contributed by atoms with E-state index in [0.717, 1.165) is 5.39 Å². The van der Waals surface area contributed by atoms with E-state index < -0.39 is 24.4 Å². The molecule has 0 radical (unpaired) electrons. The summed E-state index contributed by atoms with van der Waals surface area (Å²) in [6.45, 7) is 1.75. The van der Waals surface area contributed by atoms with Gasteiger partial charge in [0.05, 0.1) is 6.42 Å². The summed E-state index contributed by atoms with van der Waals surface area (Å²) in [5.74, 6) is -2.50. The maximum atomic E-state index is 11.1. The fourth-order valence-corrected chi connectivity index (χ4v) is 1.44. The van der Waals surface area contributed by atoms with Gasteiger partial charge in [-0.25, -0.2) is 4.79 Å². The van der Waals surface area contributed by atoms with E-state index in [2.05, 4.69) is 0 Å². The highest BCUT2D eigenvalue weighted by Crippen LogP contribution is 2.11. The predicted molar refractivity (Wildman–Crippen MR) is 75.1 cm³/mol. The standard InChI is InChI=1S/C10H8O2.C4H7NO4/c1-7-6-8-4-2-3-5-9(8)12-10(7)11;5-2(4(8)9)1-3(6)7/h2-6H,1H3;2H,1,5H2,(H,6,7)(H,8,9). The fraction of sp³-hybridized carbons (Fsp3) is 0.214. The summed E-state index contributed by atoms with van der Waals surface area (Å²) in [6.07, 6.45) is -0.532. The van der Waals surface area contributed by atoms with Gasteiger partial charge < -0.3 is 20.4 Å². The van der Waals surface area contributed by atoms with E-state index in [0.29, 0.717) is 11.1 Å². The molecule has 112 valence electrons. The minimum Gasteiger partial charge on any atom is -0.481 e. The highest BCUT2D eigenvalue weighted by Gasteiger charge is 2.14. The molecule has 2 aromatic rings. The smallest absolute Gasteiger partial charge is 0.339 e. The van der Waals surface area contributed by atoms with Crippen LogP contribution in [0.1, 0.15) is 12.0 Å². The Balaban J connectivity index is 0.000000222. The van der Waals surface area contributed by atoms with E-state index in [9.17, 15) is 14.4 Å². The minimum absolute atomic E-state index is 0.256. The van der Waals surface area contributed by atoms with Crippen LogP contribution in [0.4, 0.5) is 0 Å². The van der Waals surface area contributed by atoms with Crippen molar-refractivity contribution < 1.29 is 24.2 Å². The molecule has 1 aromatic carbocycles. The Morgan fingerprint density at radius 3 is 2.43 bits per heavy atom. The number of fused-ring (bicyclic) bond motifs is 1. The second-order valence-corrected chi connectivity index (χ2v) is 4.30. The number of hydrogen-bond donors (Lipinski definition) is 3. The van der Waals surface area contributed by atoms with Gasteiger partial charge in [-0.3, -0.25) is 9.59 Å². The van der Waals surface area contributed by atoms with E-state index >= 15 is 0 Å². The lowest BCUT2D eigenvalue weighted by Gasteiger charge is -1.99. The molecule has 7 nitrogen and oxygen atoms in total. The lowest BCUT2D eigenvalue weighted by Crippen LogP contribution is -2.32. The molecule has 4 N–H and O–H groups in total. The Hall–Kier alpha value is -2.67. The molecule has 1 atom stereocenters. The first-order valence-corrected chi connectivity index (χ1v) is 6.01. The maximum absolute atomic E-state index is 11.1. The van der Waals surface area contributed by atoms with Crippen LogP contribution < -0.4 is 11.4 Å². The summed E-state index contributed by atoms with van der Waals surface area (Å²) >= 11 is 0. The highest BCUT2D eigenvalue weighted by molar-refractivity contribution is 5.80. The molecule has 0 aliphatic rings. The lowest BCUT2D eigenvalue weighted by molar-refractivity contribution is -0.144. The Morgan fingerprint density at radius 1 is 1.29 bits per heavy atom. The van der Waals surface area contributed by atoms with Gasteiger partial charge in [0, 0.05) is 10.9 Å². The van der Waals surface area contributed by atoms with Gasteiger partial charge in [0.2, 0.25) is 0 Å². The minimum atomic E-state index is -1.29. The summed E-state index contributed by atoms with van der Waals surface area (Å²) in [5, 5.41) is 17.0. The molecule has 0 amide bonds. The summed E-state index contributed by atoms with van der Waals surface area (Å²) < 4.78 is 5.04. The topological polar surface area (TPSA) is 131 Å². The van der Waals surface area contributed by atoms with Crippen molar-refractivity contribution in [2.24, 2.45) is 5.73 Å². The van der Waals surface area contributed by atoms with Crippen molar-refractivity contribution in [3.05, 3.63) is 46.3 Å². The van der Waals surface area contributed by atoms with Crippen LogP contribution in [0.15, 0.2) is 39.5 Å². The zero-order valence-electron chi connectivity index (χ0n) is 11.3. The van der Waals surface area contributed by atoms with E-state index in [1.807, 2.05) is 24.3 Å². The second kappa shape index (κ2) is 7.20. The zero-order valence-corrected chi connectivity index (χ0v) is 11.3. The third-order valence-corrected chi connectivity index (χ3v) is 2.53. The molecule has 2 rings (SSSR count). The van der Waals surface area contributed by atoms with E-state index in [1.54, 1.807) is 13.0 Å². The van der Waals surface area contributed by atoms with Crippen molar-refractivity contribution in [2.75, 3.05) is 0 Å². The zero-order chi connectivity index (χ0) is 16.0. The van der Waals surface area contributed by atoms with Crippen LogP contribution in [0, 0.1) is 6.92 Å². The summed E-state index contributed by atoms with van der Waals surface area (Å²) in [5.41, 5.74) is 5.87. The van der Waals surface area contributed by atoms with Crippen LogP contribution in [0.2, 0.25) is 0 Å². The molecule has 0 aliphatic heterocycles. The fourth-order valence-electron chi connectivity index (χ4n) is 1.44. The molecule has 0 bridgehead atoms. The van der Waals surface area contributed by atoms with Crippen LogP contribution in [-0.2, 0) is 9.59 Å². The lowest BCUT2D eigenvalue weighted by atomic mass is 10.2. The average molecular weight is 293 g/mol. The van der Waals surface area contributed by atoms with Gasteiger partial charge in [0.15, 0.2) is 0 Å². The van der Waals surface area contributed by atoms with E-state index in [-0.39, 0.29) is 5.63 Å². The quantitative estimate of drug-likeness (QED) is 0.718. The van der Waals surface area contributed by atoms with Gasteiger partial charge in [-0.1, -0.05) is 18.2 Å².